The first-order valence-corrected chi connectivity index (χ1v) is 20.7. The summed E-state index contributed by atoms with van der Waals surface area (Å²) in [6.07, 6.45) is 0. The summed E-state index contributed by atoms with van der Waals surface area (Å²) in [6, 6.07) is 77.3. The van der Waals surface area contributed by atoms with Crippen LogP contribution in [0.1, 0.15) is 0 Å². The Kier molecular flexibility index (Phi) is 9.02. The molecule has 2 aromatic heterocycles. The second-order valence-electron chi connectivity index (χ2n) is 15.3. The van der Waals surface area contributed by atoms with E-state index in [9.17, 15) is 9.59 Å². The lowest BCUT2D eigenvalue weighted by atomic mass is 10.0. The van der Waals surface area contributed by atoms with E-state index in [1.165, 1.54) is 0 Å². The number of pyridine rings is 2. The summed E-state index contributed by atoms with van der Waals surface area (Å²) < 4.78 is 4.22. The molecule has 0 fully saturated rings. The highest BCUT2D eigenvalue weighted by Crippen LogP contribution is 2.38. The first-order valence-electron chi connectivity index (χ1n) is 20.7. The summed E-state index contributed by atoms with van der Waals surface area (Å²) in [6.45, 7) is 0. The Hall–Kier alpha value is -8.48. The highest BCUT2D eigenvalue weighted by Gasteiger charge is 2.20. The van der Waals surface area contributed by atoms with Gasteiger partial charge in [0.05, 0.1) is 22.1 Å². The maximum atomic E-state index is 14.6. The van der Waals surface area contributed by atoms with Crippen molar-refractivity contribution < 1.29 is 0 Å². The summed E-state index contributed by atoms with van der Waals surface area (Å²) in [5.74, 6) is 0. The minimum absolute atomic E-state index is 0.0893. The molecule has 0 atom stereocenters. The lowest BCUT2D eigenvalue weighted by Gasteiger charge is -2.26. The minimum atomic E-state index is -0.0893. The Morgan fingerprint density at radius 2 is 0.532 bits per heavy atom. The van der Waals surface area contributed by atoms with Gasteiger partial charge in [-0.3, -0.25) is 9.59 Å². The lowest BCUT2D eigenvalue weighted by molar-refractivity contribution is 1.15. The fourth-order valence-electron chi connectivity index (χ4n) is 8.84. The molecule has 11 aromatic rings. The van der Waals surface area contributed by atoms with Crippen LogP contribution in [0.3, 0.4) is 0 Å². The number of nitrogens with zero attached hydrogens (tertiary/aromatic N) is 4. The van der Waals surface area contributed by atoms with Crippen molar-refractivity contribution in [2.75, 3.05) is 9.80 Å². The van der Waals surface area contributed by atoms with Crippen molar-refractivity contribution in [2.24, 2.45) is 0 Å². The van der Waals surface area contributed by atoms with E-state index in [2.05, 4.69) is 116 Å². The highest BCUT2D eigenvalue weighted by atomic mass is 16.1. The van der Waals surface area contributed by atoms with Crippen LogP contribution in [0, 0.1) is 0 Å². The number of para-hydroxylation sites is 6. The first kappa shape index (κ1) is 36.6. The third kappa shape index (κ3) is 6.21. The van der Waals surface area contributed by atoms with Crippen LogP contribution in [0.4, 0.5) is 34.1 Å². The minimum Gasteiger partial charge on any atom is -0.311 e. The number of benzene rings is 9. The van der Waals surface area contributed by atoms with Gasteiger partial charge in [-0.25, -0.2) is 0 Å². The van der Waals surface area contributed by atoms with E-state index >= 15 is 0 Å². The number of fused-ring (bicyclic) bond motifs is 4. The van der Waals surface area contributed by atoms with Crippen molar-refractivity contribution in [1.29, 1.82) is 0 Å². The highest BCUT2D eigenvalue weighted by molar-refractivity contribution is 6.05. The third-order valence-corrected chi connectivity index (χ3v) is 11.7. The van der Waals surface area contributed by atoms with Gasteiger partial charge in [-0.2, -0.15) is 0 Å². The topological polar surface area (TPSA) is 50.5 Å². The Balaban J connectivity index is 1.11. The van der Waals surface area contributed by atoms with E-state index in [0.717, 1.165) is 56.5 Å². The standard InChI is InChI=1S/C56H38N4O2/c61-55-47-25-13-15-27-51(47)59(45-33-29-43(30-34-45)57(39-17-5-1-6-18-39)40-19-7-2-8-20-40)53-37-50-54(38-49(53)55)60(52-28-16-14-26-48(52)56(50)62)46-35-31-44(32-36-46)58(41-21-9-3-10-22-41)42-23-11-4-12-24-42/h1-38H. The van der Waals surface area contributed by atoms with Crippen LogP contribution < -0.4 is 20.7 Å². The van der Waals surface area contributed by atoms with Crippen LogP contribution in [-0.2, 0) is 0 Å². The van der Waals surface area contributed by atoms with E-state index in [1.807, 2.05) is 133 Å². The largest absolute Gasteiger partial charge is 0.311 e. The van der Waals surface area contributed by atoms with Gasteiger partial charge in [-0.05, 0) is 133 Å². The number of hydrogen-bond acceptors (Lipinski definition) is 4. The zero-order chi connectivity index (χ0) is 41.6. The van der Waals surface area contributed by atoms with Crippen LogP contribution in [0.5, 0.6) is 0 Å². The Morgan fingerprint density at radius 3 is 0.855 bits per heavy atom. The van der Waals surface area contributed by atoms with E-state index in [0.29, 0.717) is 32.6 Å². The molecule has 0 aliphatic rings. The Bertz CT molecular complexity index is 3220. The molecule has 0 aliphatic carbocycles. The van der Waals surface area contributed by atoms with Gasteiger partial charge in [0.25, 0.3) is 0 Å². The number of hydrogen-bond donors (Lipinski definition) is 0. The molecule has 6 nitrogen and oxygen atoms in total. The second kappa shape index (κ2) is 15.3. The summed E-state index contributed by atoms with van der Waals surface area (Å²) in [5.41, 5.74) is 10.5. The second-order valence-corrected chi connectivity index (χ2v) is 15.3. The number of rotatable bonds is 8. The molecule has 0 N–H and O–H groups in total. The van der Waals surface area contributed by atoms with Crippen LogP contribution in [0.25, 0.3) is 55.0 Å². The van der Waals surface area contributed by atoms with E-state index < -0.39 is 0 Å². The van der Waals surface area contributed by atoms with Gasteiger partial charge in [-0.1, -0.05) is 97.1 Å². The van der Waals surface area contributed by atoms with E-state index in [1.54, 1.807) is 0 Å². The Morgan fingerprint density at radius 1 is 0.258 bits per heavy atom. The fraction of sp³-hybridized carbons (Fsp3) is 0. The molecule has 0 bridgehead atoms. The molecule has 2 heterocycles. The average Bonchev–Trinajstić information content (AvgIpc) is 3.34. The molecule has 0 radical (unpaired) electrons. The molecular weight excluding hydrogens is 761 g/mol. The molecule has 0 amide bonds. The van der Waals surface area contributed by atoms with E-state index in [4.69, 9.17) is 0 Å². The molecule has 0 saturated heterocycles. The third-order valence-electron chi connectivity index (χ3n) is 11.7. The van der Waals surface area contributed by atoms with Crippen molar-refractivity contribution in [1.82, 2.24) is 9.13 Å². The molecule has 11 rings (SSSR count). The maximum Gasteiger partial charge on any atom is 0.197 e. The van der Waals surface area contributed by atoms with Gasteiger partial charge >= 0.3 is 0 Å². The van der Waals surface area contributed by atoms with Gasteiger partial charge in [0.2, 0.25) is 0 Å². The SMILES string of the molecule is O=c1c2ccccc2n(-c2ccc(N(c3ccccc3)c3ccccc3)cc2)c2cc3c(=O)c4ccccc4n(-c4ccc(N(c5ccccc5)c5ccccc5)cc4)c3cc12. The van der Waals surface area contributed by atoms with Crippen molar-refractivity contribution in [2.45, 2.75) is 0 Å². The van der Waals surface area contributed by atoms with Gasteiger partial charge < -0.3 is 18.9 Å². The lowest BCUT2D eigenvalue weighted by Crippen LogP contribution is -2.15. The van der Waals surface area contributed by atoms with Crippen molar-refractivity contribution in [3.05, 3.63) is 251 Å². The summed E-state index contributed by atoms with van der Waals surface area (Å²) >= 11 is 0. The molecule has 0 aliphatic heterocycles. The van der Waals surface area contributed by atoms with Crippen LogP contribution in [0.15, 0.2) is 240 Å². The molecule has 0 spiro atoms. The summed E-state index contributed by atoms with van der Waals surface area (Å²) in [4.78, 5) is 33.7. The zero-order valence-corrected chi connectivity index (χ0v) is 33.5. The number of aromatic nitrogens is 2. The zero-order valence-electron chi connectivity index (χ0n) is 33.5. The molecule has 0 unspecified atom stereocenters. The maximum absolute atomic E-state index is 14.6. The molecule has 62 heavy (non-hydrogen) atoms. The normalized spacial score (nSPS) is 11.4. The van der Waals surface area contributed by atoms with Gasteiger partial charge in [0, 0.05) is 67.0 Å². The van der Waals surface area contributed by atoms with E-state index in [-0.39, 0.29) is 10.9 Å². The van der Waals surface area contributed by atoms with Crippen molar-refractivity contribution in [3.8, 4) is 11.4 Å². The summed E-state index contributed by atoms with van der Waals surface area (Å²) in [5, 5.41) is 2.24. The van der Waals surface area contributed by atoms with Crippen molar-refractivity contribution >= 4 is 77.7 Å². The molecule has 0 saturated carbocycles. The number of anilines is 6. The first-order chi connectivity index (χ1) is 30.6. The average molecular weight is 799 g/mol. The predicted molar refractivity (Wildman–Crippen MR) is 257 cm³/mol. The molecule has 6 heteroatoms. The fourth-order valence-corrected chi connectivity index (χ4v) is 8.84. The Labute approximate surface area is 357 Å². The van der Waals surface area contributed by atoms with Gasteiger partial charge in [0.15, 0.2) is 10.9 Å². The molecular formula is C56H38N4O2. The van der Waals surface area contributed by atoms with Gasteiger partial charge in [-0.15, -0.1) is 0 Å². The summed E-state index contributed by atoms with van der Waals surface area (Å²) in [7, 11) is 0. The predicted octanol–water partition coefficient (Wildman–Crippen LogP) is 13.5. The molecule has 294 valence electrons. The van der Waals surface area contributed by atoms with Crippen LogP contribution in [0.2, 0.25) is 0 Å². The molecule has 9 aromatic carbocycles. The smallest absolute Gasteiger partial charge is 0.197 e. The monoisotopic (exact) mass is 798 g/mol. The van der Waals surface area contributed by atoms with Crippen LogP contribution >= 0.6 is 0 Å². The quantitative estimate of drug-likeness (QED) is 0.144. The van der Waals surface area contributed by atoms with Gasteiger partial charge in [0.1, 0.15) is 0 Å². The van der Waals surface area contributed by atoms with Crippen LogP contribution in [-0.4, -0.2) is 9.13 Å². The van der Waals surface area contributed by atoms with Crippen molar-refractivity contribution in [3.63, 3.8) is 0 Å².